The Morgan fingerprint density at radius 3 is 2.62 bits per heavy atom. The van der Waals surface area contributed by atoms with Crippen molar-refractivity contribution >= 4 is 22.7 Å². The van der Waals surface area contributed by atoms with Crippen molar-refractivity contribution in [1.29, 1.82) is 0 Å². The molecule has 0 radical (unpaired) electrons. The van der Waals surface area contributed by atoms with Gasteiger partial charge in [0.25, 0.3) is 5.91 Å². The molecule has 2 atom stereocenters. The van der Waals surface area contributed by atoms with Crippen LogP contribution in [0.25, 0.3) is 10.9 Å². The number of nitrogens with zero attached hydrogens (tertiary/aromatic N) is 2. The van der Waals surface area contributed by atoms with Crippen LogP contribution in [0.5, 0.6) is 0 Å². The Balaban J connectivity index is 1.40. The second-order valence-corrected chi connectivity index (χ2v) is 8.24. The van der Waals surface area contributed by atoms with Gasteiger partial charge in [-0.3, -0.25) is 9.59 Å². The molecule has 2 saturated heterocycles. The van der Waals surface area contributed by atoms with Gasteiger partial charge in [0.05, 0.1) is 5.56 Å². The van der Waals surface area contributed by atoms with Crippen LogP contribution in [0.4, 0.5) is 0 Å². The van der Waals surface area contributed by atoms with E-state index in [1.165, 1.54) is 5.56 Å². The molecule has 29 heavy (non-hydrogen) atoms. The summed E-state index contributed by atoms with van der Waals surface area (Å²) in [5.41, 5.74) is 3.07. The van der Waals surface area contributed by atoms with Gasteiger partial charge in [-0.15, -0.1) is 0 Å². The summed E-state index contributed by atoms with van der Waals surface area (Å²) in [6.07, 6.45) is 3.59. The van der Waals surface area contributed by atoms with E-state index in [0.29, 0.717) is 18.3 Å². The molecule has 0 bridgehead atoms. The zero-order valence-electron chi connectivity index (χ0n) is 16.4. The quantitative estimate of drug-likeness (QED) is 0.747. The molecule has 148 valence electrons. The average molecular weight is 387 g/mol. The lowest BCUT2D eigenvalue weighted by atomic mass is 9.91. The van der Waals surface area contributed by atoms with E-state index in [0.717, 1.165) is 49.1 Å². The molecule has 1 aromatic heterocycles. The number of aromatic nitrogens is 1. The highest BCUT2D eigenvalue weighted by molar-refractivity contribution is 6.07. The molecule has 2 aliphatic rings. The number of hydrogen-bond acceptors (Lipinski definition) is 2. The molecule has 0 saturated carbocycles. The molecule has 5 rings (SSSR count). The Kier molecular flexibility index (Phi) is 4.58. The van der Waals surface area contributed by atoms with Crippen LogP contribution in [0.1, 0.15) is 28.8 Å². The van der Waals surface area contributed by atoms with Gasteiger partial charge in [-0.2, -0.15) is 0 Å². The summed E-state index contributed by atoms with van der Waals surface area (Å²) in [4.78, 5) is 26.9. The lowest BCUT2D eigenvalue weighted by Crippen LogP contribution is -2.30. The van der Waals surface area contributed by atoms with Crippen molar-refractivity contribution in [2.45, 2.75) is 19.4 Å². The predicted molar refractivity (Wildman–Crippen MR) is 113 cm³/mol. The number of amides is 2. The van der Waals surface area contributed by atoms with Crippen molar-refractivity contribution in [1.82, 2.24) is 14.8 Å². The standard InChI is InChI=1S/C24H25N3O2/c28-23-12-19(13-25-23)18-10-11-26(15-18)24(29)21-16-27(14-17-6-2-1-3-7-17)22-9-5-4-8-20(21)22/h1-9,16,18-19H,10-15H2,(H,25,28). The number of likely N-dealkylation sites (tertiary alicyclic amines) is 1. The van der Waals surface area contributed by atoms with Crippen molar-refractivity contribution in [2.75, 3.05) is 19.6 Å². The van der Waals surface area contributed by atoms with Crippen LogP contribution >= 0.6 is 0 Å². The highest BCUT2D eigenvalue weighted by atomic mass is 16.2. The van der Waals surface area contributed by atoms with Crippen LogP contribution in [0.2, 0.25) is 0 Å². The second-order valence-electron chi connectivity index (χ2n) is 8.24. The lowest BCUT2D eigenvalue weighted by Gasteiger charge is -2.18. The number of benzene rings is 2. The molecule has 2 aromatic carbocycles. The van der Waals surface area contributed by atoms with Crippen LogP contribution in [-0.2, 0) is 11.3 Å². The number of fused-ring (bicyclic) bond motifs is 1. The number of rotatable bonds is 4. The first-order chi connectivity index (χ1) is 14.2. The van der Waals surface area contributed by atoms with Crippen LogP contribution < -0.4 is 5.32 Å². The van der Waals surface area contributed by atoms with Gasteiger partial charge >= 0.3 is 0 Å². The van der Waals surface area contributed by atoms with Gasteiger partial charge in [-0.1, -0.05) is 48.5 Å². The summed E-state index contributed by atoms with van der Waals surface area (Å²) in [6, 6.07) is 18.5. The zero-order chi connectivity index (χ0) is 19.8. The van der Waals surface area contributed by atoms with Gasteiger partial charge in [0.2, 0.25) is 5.91 Å². The van der Waals surface area contributed by atoms with Gasteiger partial charge in [-0.05, 0) is 29.9 Å². The maximum Gasteiger partial charge on any atom is 0.256 e. The number of nitrogens with one attached hydrogen (secondary N) is 1. The fourth-order valence-electron chi connectivity index (χ4n) is 4.82. The van der Waals surface area contributed by atoms with E-state index in [9.17, 15) is 9.59 Å². The van der Waals surface area contributed by atoms with E-state index in [2.05, 4.69) is 28.1 Å². The summed E-state index contributed by atoms with van der Waals surface area (Å²) in [7, 11) is 0. The van der Waals surface area contributed by atoms with Gasteiger partial charge in [0.1, 0.15) is 0 Å². The largest absolute Gasteiger partial charge is 0.356 e. The van der Waals surface area contributed by atoms with Crippen LogP contribution in [0.3, 0.4) is 0 Å². The van der Waals surface area contributed by atoms with E-state index in [4.69, 9.17) is 0 Å². The first-order valence-corrected chi connectivity index (χ1v) is 10.4. The SMILES string of the molecule is O=C1CC(C2CCN(C(=O)c3cn(Cc4ccccc4)c4ccccc34)C2)CN1. The molecule has 1 N–H and O–H groups in total. The monoisotopic (exact) mass is 387 g/mol. The molecular weight excluding hydrogens is 362 g/mol. The molecule has 2 amide bonds. The van der Waals surface area contributed by atoms with Crippen molar-refractivity contribution in [3.05, 3.63) is 71.9 Å². The number of carbonyl (C=O) groups excluding carboxylic acids is 2. The molecule has 0 aliphatic carbocycles. The first kappa shape index (κ1) is 18.0. The van der Waals surface area contributed by atoms with E-state index in [-0.39, 0.29) is 11.8 Å². The Labute approximate surface area is 170 Å². The molecule has 3 heterocycles. The van der Waals surface area contributed by atoms with Crippen LogP contribution in [-0.4, -0.2) is 40.9 Å². The summed E-state index contributed by atoms with van der Waals surface area (Å²) < 4.78 is 2.17. The predicted octanol–water partition coefficient (Wildman–Crippen LogP) is 3.29. The Hall–Kier alpha value is -3.08. The Bertz CT molecular complexity index is 1060. The van der Waals surface area contributed by atoms with E-state index < -0.39 is 0 Å². The van der Waals surface area contributed by atoms with Gasteiger partial charge in [-0.25, -0.2) is 0 Å². The zero-order valence-corrected chi connectivity index (χ0v) is 16.4. The number of hydrogen-bond donors (Lipinski definition) is 1. The van der Waals surface area contributed by atoms with Crippen LogP contribution in [0.15, 0.2) is 60.8 Å². The molecule has 0 spiro atoms. The molecule has 2 aliphatic heterocycles. The molecule has 2 fully saturated rings. The lowest BCUT2D eigenvalue weighted by molar-refractivity contribution is -0.119. The van der Waals surface area contributed by atoms with Gasteiger partial charge in [0, 0.05) is 49.7 Å². The normalized spacial score (nSPS) is 21.7. The molecule has 2 unspecified atom stereocenters. The van der Waals surface area contributed by atoms with E-state index in [1.807, 2.05) is 47.5 Å². The Morgan fingerprint density at radius 2 is 1.83 bits per heavy atom. The minimum atomic E-state index is 0.104. The highest BCUT2D eigenvalue weighted by Gasteiger charge is 2.36. The van der Waals surface area contributed by atoms with Crippen LogP contribution in [0, 0.1) is 11.8 Å². The third kappa shape index (κ3) is 3.41. The summed E-state index contributed by atoms with van der Waals surface area (Å²) in [5, 5.41) is 3.94. The molecular formula is C24H25N3O2. The van der Waals surface area contributed by atoms with Crippen molar-refractivity contribution in [3.8, 4) is 0 Å². The number of carbonyl (C=O) groups is 2. The van der Waals surface area contributed by atoms with Crippen molar-refractivity contribution in [3.63, 3.8) is 0 Å². The summed E-state index contributed by atoms with van der Waals surface area (Å²) in [6.45, 7) is 3.01. The van der Waals surface area contributed by atoms with E-state index >= 15 is 0 Å². The summed E-state index contributed by atoms with van der Waals surface area (Å²) in [5.74, 6) is 1.02. The molecule has 5 heteroatoms. The van der Waals surface area contributed by atoms with E-state index in [1.54, 1.807) is 0 Å². The molecule has 5 nitrogen and oxygen atoms in total. The second kappa shape index (κ2) is 7.39. The van der Waals surface area contributed by atoms with Crippen molar-refractivity contribution < 1.29 is 9.59 Å². The highest BCUT2D eigenvalue weighted by Crippen LogP contribution is 2.31. The Morgan fingerprint density at radius 1 is 1.03 bits per heavy atom. The van der Waals surface area contributed by atoms with Gasteiger partial charge < -0.3 is 14.8 Å². The fraction of sp³-hybridized carbons (Fsp3) is 0.333. The molecule has 3 aromatic rings. The third-order valence-electron chi connectivity index (χ3n) is 6.40. The smallest absolute Gasteiger partial charge is 0.256 e. The maximum absolute atomic E-state index is 13.4. The fourth-order valence-corrected chi connectivity index (χ4v) is 4.82. The third-order valence-corrected chi connectivity index (χ3v) is 6.40. The summed E-state index contributed by atoms with van der Waals surface area (Å²) >= 11 is 0. The minimum Gasteiger partial charge on any atom is -0.356 e. The average Bonchev–Trinajstić information content (AvgIpc) is 3.47. The maximum atomic E-state index is 13.4. The minimum absolute atomic E-state index is 0.104. The first-order valence-electron chi connectivity index (χ1n) is 10.4. The van der Waals surface area contributed by atoms with Gasteiger partial charge in [0.15, 0.2) is 0 Å². The number of para-hydroxylation sites is 1. The topological polar surface area (TPSA) is 54.3 Å². The van der Waals surface area contributed by atoms with Crippen molar-refractivity contribution in [2.24, 2.45) is 11.8 Å².